The quantitative estimate of drug-likeness (QED) is 0.187. The van der Waals surface area contributed by atoms with Gasteiger partial charge in [-0.2, -0.15) is 0 Å². The molecule has 0 spiro atoms. The van der Waals surface area contributed by atoms with Crippen LogP contribution in [0.25, 0.3) is 0 Å². The van der Waals surface area contributed by atoms with Crippen LogP contribution in [0.2, 0.25) is 0 Å². The maximum atomic E-state index is 11.3. The molecule has 0 radical (unpaired) electrons. The van der Waals surface area contributed by atoms with Crippen molar-refractivity contribution in [1.82, 2.24) is 20.3 Å². The second-order valence-corrected chi connectivity index (χ2v) is 8.28. The number of nitrogens with zero attached hydrogens (tertiary/aromatic N) is 2. The molecule has 0 amide bonds. The van der Waals surface area contributed by atoms with Crippen LogP contribution >= 0.6 is 24.0 Å². The standard InChI is InChI=1S/C16H35N5O2S.HI/c1-3-24(22,23)20-12-8-10-18-16(17-2)19-11-9-15-21-13-6-4-5-7-14-21;/h20H,3-15H2,1-2H3,(H2,17,18,19);1H. The summed E-state index contributed by atoms with van der Waals surface area (Å²) in [7, 11) is -1.33. The molecular weight excluding hydrogens is 453 g/mol. The van der Waals surface area contributed by atoms with Gasteiger partial charge in [-0.3, -0.25) is 4.99 Å². The van der Waals surface area contributed by atoms with Crippen LogP contribution < -0.4 is 15.4 Å². The normalized spacial score (nSPS) is 16.8. The molecule has 1 aliphatic rings. The van der Waals surface area contributed by atoms with Crippen LogP contribution in [-0.2, 0) is 10.0 Å². The Kier molecular flexibility index (Phi) is 14.9. The van der Waals surface area contributed by atoms with Crippen molar-refractivity contribution in [2.45, 2.75) is 45.4 Å². The molecule has 1 rings (SSSR count). The molecule has 0 aromatic rings. The number of rotatable bonds is 10. The van der Waals surface area contributed by atoms with E-state index in [-0.39, 0.29) is 29.7 Å². The van der Waals surface area contributed by atoms with Crippen molar-refractivity contribution in [1.29, 1.82) is 0 Å². The number of aliphatic imine (C=N–C) groups is 1. The van der Waals surface area contributed by atoms with Crippen molar-refractivity contribution in [3.05, 3.63) is 0 Å². The van der Waals surface area contributed by atoms with Gasteiger partial charge in [0.1, 0.15) is 0 Å². The molecule has 0 aliphatic carbocycles. The molecule has 0 atom stereocenters. The summed E-state index contributed by atoms with van der Waals surface area (Å²) >= 11 is 0. The topological polar surface area (TPSA) is 85.8 Å². The van der Waals surface area contributed by atoms with Gasteiger partial charge in [0.2, 0.25) is 10.0 Å². The van der Waals surface area contributed by atoms with Gasteiger partial charge >= 0.3 is 0 Å². The highest BCUT2D eigenvalue weighted by Gasteiger charge is 2.08. The zero-order valence-corrected chi connectivity index (χ0v) is 18.9. The van der Waals surface area contributed by atoms with Crippen LogP contribution in [0.1, 0.15) is 45.4 Å². The summed E-state index contributed by atoms with van der Waals surface area (Å²) in [5.74, 6) is 0.907. The van der Waals surface area contributed by atoms with Crippen molar-refractivity contribution in [3.63, 3.8) is 0 Å². The minimum Gasteiger partial charge on any atom is -0.356 e. The molecule has 7 nitrogen and oxygen atoms in total. The Hall–Kier alpha value is -0.130. The van der Waals surface area contributed by atoms with E-state index in [1.165, 1.54) is 38.8 Å². The number of likely N-dealkylation sites (tertiary alicyclic amines) is 1. The van der Waals surface area contributed by atoms with E-state index in [4.69, 9.17) is 0 Å². The van der Waals surface area contributed by atoms with E-state index in [1.54, 1.807) is 14.0 Å². The molecule has 3 N–H and O–H groups in total. The molecule has 0 unspecified atom stereocenters. The van der Waals surface area contributed by atoms with Crippen molar-refractivity contribution >= 4 is 40.0 Å². The van der Waals surface area contributed by atoms with Gasteiger partial charge in [-0.05, 0) is 52.2 Å². The van der Waals surface area contributed by atoms with Gasteiger partial charge in [-0.1, -0.05) is 12.8 Å². The van der Waals surface area contributed by atoms with E-state index in [2.05, 4.69) is 25.2 Å². The maximum absolute atomic E-state index is 11.3. The van der Waals surface area contributed by atoms with Crippen molar-refractivity contribution in [3.8, 4) is 0 Å². The smallest absolute Gasteiger partial charge is 0.211 e. The van der Waals surface area contributed by atoms with Crippen LogP contribution in [0.5, 0.6) is 0 Å². The van der Waals surface area contributed by atoms with E-state index in [1.807, 2.05) is 0 Å². The molecule has 1 saturated heterocycles. The molecule has 0 bridgehead atoms. The van der Waals surface area contributed by atoms with Crippen LogP contribution in [0.15, 0.2) is 4.99 Å². The minimum atomic E-state index is -3.09. The van der Waals surface area contributed by atoms with Gasteiger partial charge in [-0.15, -0.1) is 24.0 Å². The molecule has 9 heteroatoms. The number of guanidine groups is 1. The number of nitrogens with one attached hydrogen (secondary N) is 3. The van der Waals surface area contributed by atoms with E-state index >= 15 is 0 Å². The summed E-state index contributed by atoms with van der Waals surface area (Å²) in [6, 6.07) is 0. The lowest BCUT2D eigenvalue weighted by molar-refractivity contribution is 0.282. The van der Waals surface area contributed by atoms with E-state index in [0.717, 1.165) is 31.9 Å². The number of sulfonamides is 1. The lowest BCUT2D eigenvalue weighted by Gasteiger charge is -2.20. The largest absolute Gasteiger partial charge is 0.356 e. The Bertz CT molecular complexity index is 451. The Morgan fingerprint density at radius 1 is 1.00 bits per heavy atom. The van der Waals surface area contributed by atoms with Gasteiger partial charge in [-0.25, -0.2) is 13.1 Å². The van der Waals surface area contributed by atoms with Gasteiger partial charge in [0.05, 0.1) is 5.75 Å². The summed E-state index contributed by atoms with van der Waals surface area (Å²) < 4.78 is 25.2. The monoisotopic (exact) mass is 489 g/mol. The summed E-state index contributed by atoms with van der Waals surface area (Å²) in [6.07, 6.45) is 7.25. The Balaban J connectivity index is 0.00000576. The zero-order chi connectivity index (χ0) is 17.7. The molecule has 0 aromatic carbocycles. The Labute approximate surface area is 170 Å². The predicted octanol–water partition coefficient (Wildman–Crippen LogP) is 1.36. The van der Waals surface area contributed by atoms with Crippen LogP contribution in [0.4, 0.5) is 0 Å². The summed E-state index contributed by atoms with van der Waals surface area (Å²) in [4.78, 5) is 6.75. The predicted molar refractivity (Wildman–Crippen MR) is 116 cm³/mol. The average molecular weight is 489 g/mol. The maximum Gasteiger partial charge on any atom is 0.211 e. The fraction of sp³-hybridized carbons (Fsp3) is 0.938. The van der Waals surface area contributed by atoms with Crippen molar-refractivity contribution in [2.24, 2.45) is 4.99 Å². The lowest BCUT2D eigenvalue weighted by Crippen LogP contribution is -2.40. The molecule has 0 aromatic heterocycles. The van der Waals surface area contributed by atoms with E-state index in [0.29, 0.717) is 13.1 Å². The first kappa shape index (κ1) is 24.9. The first-order valence-corrected chi connectivity index (χ1v) is 10.9. The molecular formula is C16H36IN5O2S. The molecule has 25 heavy (non-hydrogen) atoms. The van der Waals surface area contributed by atoms with Gasteiger partial charge in [0, 0.05) is 26.7 Å². The molecule has 150 valence electrons. The second-order valence-electron chi connectivity index (χ2n) is 6.19. The van der Waals surface area contributed by atoms with Gasteiger partial charge < -0.3 is 15.5 Å². The second kappa shape index (κ2) is 15.0. The zero-order valence-electron chi connectivity index (χ0n) is 15.7. The summed E-state index contributed by atoms with van der Waals surface area (Å²) in [5, 5.41) is 6.53. The number of hydrogen-bond acceptors (Lipinski definition) is 4. The van der Waals surface area contributed by atoms with Gasteiger partial charge in [0.25, 0.3) is 0 Å². The fourth-order valence-corrected chi connectivity index (χ4v) is 3.37. The number of halogens is 1. The number of hydrogen-bond donors (Lipinski definition) is 3. The minimum absolute atomic E-state index is 0. The highest BCUT2D eigenvalue weighted by Crippen LogP contribution is 2.09. The fourth-order valence-electron chi connectivity index (χ4n) is 2.71. The molecule has 1 fully saturated rings. The van der Waals surface area contributed by atoms with Crippen molar-refractivity contribution in [2.75, 3.05) is 52.1 Å². The summed E-state index contributed by atoms with van der Waals surface area (Å²) in [5.41, 5.74) is 0. The first-order valence-electron chi connectivity index (χ1n) is 9.21. The first-order chi connectivity index (χ1) is 11.6. The summed E-state index contributed by atoms with van der Waals surface area (Å²) in [6.45, 7) is 7.30. The third-order valence-corrected chi connectivity index (χ3v) is 5.62. The van der Waals surface area contributed by atoms with E-state index in [9.17, 15) is 8.42 Å². The Morgan fingerprint density at radius 2 is 1.60 bits per heavy atom. The van der Waals surface area contributed by atoms with Gasteiger partial charge in [0.15, 0.2) is 5.96 Å². The highest BCUT2D eigenvalue weighted by atomic mass is 127. The molecule has 0 saturated carbocycles. The van der Waals surface area contributed by atoms with Crippen LogP contribution in [-0.4, -0.2) is 71.3 Å². The SMILES string of the molecule is CCS(=O)(=O)NCCCNC(=NC)NCCCN1CCCCCC1.I. The Morgan fingerprint density at radius 3 is 2.16 bits per heavy atom. The average Bonchev–Trinajstić information content (AvgIpc) is 2.85. The highest BCUT2D eigenvalue weighted by molar-refractivity contribution is 14.0. The lowest BCUT2D eigenvalue weighted by atomic mass is 10.2. The van der Waals surface area contributed by atoms with Crippen LogP contribution in [0.3, 0.4) is 0 Å². The van der Waals surface area contributed by atoms with E-state index < -0.39 is 10.0 Å². The molecule has 1 aliphatic heterocycles. The molecule has 1 heterocycles. The van der Waals surface area contributed by atoms with Crippen molar-refractivity contribution < 1.29 is 8.42 Å². The third kappa shape index (κ3) is 12.8. The van der Waals surface area contributed by atoms with Crippen LogP contribution in [0, 0.1) is 0 Å². The third-order valence-electron chi connectivity index (χ3n) is 4.21.